The van der Waals surface area contributed by atoms with E-state index in [1.807, 2.05) is 0 Å². The van der Waals surface area contributed by atoms with Gasteiger partial charge in [-0.2, -0.15) is 0 Å². The number of ether oxygens (including phenoxy) is 1. The molecule has 2 nitrogen and oxygen atoms in total. The Morgan fingerprint density at radius 2 is 2.20 bits per heavy atom. The molecule has 1 aliphatic carbocycles. The molecule has 4 atom stereocenters. The molecule has 0 amide bonds. The molecular weight excluding hydrogens is 127 g/mol. The van der Waals surface area contributed by atoms with Gasteiger partial charge >= 0.3 is 0 Å². The lowest BCUT2D eigenvalue weighted by molar-refractivity contribution is -0.00470. The van der Waals surface area contributed by atoms with Crippen LogP contribution in [0.2, 0.25) is 0 Å². The largest absolute Gasteiger partial charge is 0.390 e. The van der Waals surface area contributed by atoms with Crippen molar-refractivity contribution in [1.29, 1.82) is 0 Å². The Balaban J connectivity index is 2.05. The third-order valence-electron chi connectivity index (χ3n) is 2.54. The van der Waals surface area contributed by atoms with Crippen molar-refractivity contribution in [1.82, 2.24) is 0 Å². The first-order chi connectivity index (χ1) is 4.77. The van der Waals surface area contributed by atoms with Crippen LogP contribution in [0.3, 0.4) is 0 Å². The van der Waals surface area contributed by atoms with Gasteiger partial charge in [0.2, 0.25) is 0 Å². The molecule has 1 heterocycles. The van der Waals surface area contributed by atoms with Crippen molar-refractivity contribution in [2.45, 2.75) is 37.5 Å². The lowest BCUT2D eigenvalue weighted by atomic mass is 9.91. The maximum absolute atomic E-state index is 9.34. The van der Waals surface area contributed by atoms with E-state index < -0.39 is 0 Å². The molecule has 0 aromatic rings. The quantitative estimate of drug-likeness (QED) is 0.479. The van der Waals surface area contributed by atoms with E-state index in [1.165, 1.54) is 0 Å². The molecule has 0 aromatic carbocycles. The zero-order chi connectivity index (χ0) is 7.14. The van der Waals surface area contributed by atoms with Crippen LogP contribution in [-0.2, 0) is 4.74 Å². The maximum Gasteiger partial charge on any atom is 0.109 e. The fourth-order valence-electron chi connectivity index (χ4n) is 2.04. The van der Waals surface area contributed by atoms with E-state index >= 15 is 0 Å². The molecule has 10 heavy (non-hydrogen) atoms. The number of aliphatic hydroxyl groups excluding tert-OH is 1. The average molecular weight is 138 g/mol. The highest BCUT2D eigenvalue weighted by Crippen LogP contribution is 2.37. The van der Waals surface area contributed by atoms with Gasteiger partial charge < -0.3 is 9.84 Å². The number of hydrogen-bond donors (Lipinski definition) is 1. The van der Waals surface area contributed by atoms with Crippen molar-refractivity contribution >= 4 is 7.85 Å². The monoisotopic (exact) mass is 138 g/mol. The van der Waals surface area contributed by atoms with E-state index in [9.17, 15) is 5.11 Å². The van der Waals surface area contributed by atoms with Gasteiger partial charge in [-0.15, -0.1) is 0 Å². The summed E-state index contributed by atoms with van der Waals surface area (Å²) in [6.07, 6.45) is 2.71. The van der Waals surface area contributed by atoms with Crippen molar-refractivity contribution in [3.8, 4) is 0 Å². The zero-order valence-corrected chi connectivity index (χ0v) is 5.86. The molecule has 0 aromatic heterocycles. The predicted octanol–water partition coefficient (Wildman–Crippen LogP) is 0.0408. The Labute approximate surface area is 62.0 Å². The molecule has 1 saturated carbocycles. The summed E-state index contributed by atoms with van der Waals surface area (Å²) < 4.78 is 5.33. The first kappa shape index (κ1) is 6.68. The number of aliphatic hydroxyl groups is 1. The van der Waals surface area contributed by atoms with Crippen molar-refractivity contribution in [2.75, 3.05) is 0 Å². The summed E-state index contributed by atoms with van der Waals surface area (Å²) in [4.78, 5) is 0. The minimum Gasteiger partial charge on any atom is -0.390 e. The molecule has 2 aliphatic rings. The fraction of sp³-hybridized carbons (Fsp3) is 1.00. The molecule has 2 radical (unpaired) electrons. The van der Waals surface area contributed by atoms with E-state index in [4.69, 9.17) is 12.6 Å². The number of rotatable bonds is 0. The van der Waals surface area contributed by atoms with Crippen LogP contribution in [0.25, 0.3) is 0 Å². The van der Waals surface area contributed by atoms with Crippen LogP contribution >= 0.6 is 0 Å². The highest BCUT2D eigenvalue weighted by atomic mass is 16.5. The molecule has 54 valence electrons. The molecule has 0 spiro atoms. The molecule has 3 heteroatoms. The minimum absolute atomic E-state index is 0.0509. The summed E-state index contributed by atoms with van der Waals surface area (Å²) in [5.41, 5.74) is 0. The lowest BCUT2D eigenvalue weighted by Crippen LogP contribution is -2.23. The topological polar surface area (TPSA) is 29.5 Å². The van der Waals surface area contributed by atoms with Gasteiger partial charge in [-0.3, -0.25) is 0 Å². The summed E-state index contributed by atoms with van der Waals surface area (Å²) in [7, 11) is 5.55. The normalized spacial score (nSPS) is 53.3. The van der Waals surface area contributed by atoms with Crippen LogP contribution in [0.5, 0.6) is 0 Å². The standard InChI is InChI=1S/C7H11BO2/c8-6-3-4-1-2-5(9)7(4)10-6/h4-7,9H,1-3H2. The lowest BCUT2D eigenvalue weighted by Gasteiger charge is -2.12. The summed E-state index contributed by atoms with van der Waals surface area (Å²) in [5.74, 6) is 0.532. The van der Waals surface area contributed by atoms with Crippen molar-refractivity contribution in [3.63, 3.8) is 0 Å². The highest BCUT2D eigenvalue weighted by molar-refractivity contribution is 6.11. The Bertz CT molecular complexity index is 140. The molecule has 1 saturated heterocycles. The fourth-order valence-corrected chi connectivity index (χ4v) is 2.04. The Hall–Kier alpha value is -0.0151. The van der Waals surface area contributed by atoms with Crippen molar-refractivity contribution in [3.05, 3.63) is 0 Å². The Kier molecular flexibility index (Phi) is 1.50. The third-order valence-corrected chi connectivity index (χ3v) is 2.54. The number of fused-ring (bicyclic) bond motifs is 1. The smallest absolute Gasteiger partial charge is 0.109 e. The third kappa shape index (κ3) is 0.885. The van der Waals surface area contributed by atoms with Crippen molar-refractivity contribution in [2.24, 2.45) is 5.92 Å². The van der Waals surface area contributed by atoms with E-state index in [0.717, 1.165) is 19.3 Å². The van der Waals surface area contributed by atoms with Gasteiger partial charge in [-0.1, -0.05) is 0 Å². The molecule has 4 unspecified atom stereocenters. The second-order valence-corrected chi connectivity index (χ2v) is 3.28. The molecule has 1 aliphatic heterocycles. The molecule has 0 bridgehead atoms. The van der Waals surface area contributed by atoms with Crippen LogP contribution in [-0.4, -0.2) is 31.2 Å². The highest BCUT2D eigenvalue weighted by Gasteiger charge is 2.41. The molecular formula is C7H11BO2. The van der Waals surface area contributed by atoms with Crippen LogP contribution in [0.4, 0.5) is 0 Å². The van der Waals surface area contributed by atoms with Crippen LogP contribution < -0.4 is 0 Å². The predicted molar refractivity (Wildman–Crippen MR) is 37.8 cm³/mol. The van der Waals surface area contributed by atoms with E-state index in [1.54, 1.807) is 0 Å². The molecule has 2 fully saturated rings. The molecule has 2 rings (SSSR count). The Morgan fingerprint density at radius 1 is 1.40 bits per heavy atom. The second-order valence-electron chi connectivity index (χ2n) is 3.28. The molecule has 1 N–H and O–H groups in total. The summed E-state index contributed by atoms with van der Waals surface area (Å²) >= 11 is 0. The second kappa shape index (κ2) is 2.24. The van der Waals surface area contributed by atoms with Crippen LogP contribution in [0, 0.1) is 5.92 Å². The number of hydrogen-bond acceptors (Lipinski definition) is 2. The summed E-state index contributed by atoms with van der Waals surface area (Å²) in [6, 6.07) is -0.120. The summed E-state index contributed by atoms with van der Waals surface area (Å²) in [6.45, 7) is 0. The van der Waals surface area contributed by atoms with Crippen LogP contribution in [0.1, 0.15) is 19.3 Å². The Morgan fingerprint density at radius 3 is 2.90 bits per heavy atom. The van der Waals surface area contributed by atoms with Gasteiger partial charge in [0.25, 0.3) is 0 Å². The van der Waals surface area contributed by atoms with E-state index in [-0.39, 0.29) is 18.2 Å². The van der Waals surface area contributed by atoms with Gasteiger partial charge in [0.1, 0.15) is 7.85 Å². The van der Waals surface area contributed by atoms with Gasteiger partial charge in [-0.05, 0) is 25.2 Å². The average Bonchev–Trinajstić information content (AvgIpc) is 2.35. The van der Waals surface area contributed by atoms with E-state index in [2.05, 4.69) is 0 Å². The van der Waals surface area contributed by atoms with Gasteiger partial charge in [0.05, 0.1) is 12.2 Å². The first-order valence-electron chi connectivity index (χ1n) is 3.86. The minimum atomic E-state index is -0.251. The zero-order valence-electron chi connectivity index (χ0n) is 5.86. The van der Waals surface area contributed by atoms with Crippen LogP contribution in [0.15, 0.2) is 0 Å². The van der Waals surface area contributed by atoms with Crippen molar-refractivity contribution < 1.29 is 9.84 Å². The first-order valence-corrected chi connectivity index (χ1v) is 3.86. The maximum atomic E-state index is 9.34. The van der Waals surface area contributed by atoms with Gasteiger partial charge in [-0.25, -0.2) is 0 Å². The van der Waals surface area contributed by atoms with E-state index in [0.29, 0.717) is 5.92 Å². The SMILES string of the molecule is [B]C1CC2CCC(O)C2O1. The van der Waals surface area contributed by atoms with Gasteiger partial charge in [0.15, 0.2) is 0 Å². The van der Waals surface area contributed by atoms with Gasteiger partial charge in [0, 0.05) is 6.00 Å². The summed E-state index contributed by atoms with van der Waals surface area (Å²) in [5, 5.41) is 9.34.